The van der Waals surface area contributed by atoms with E-state index in [1.165, 1.54) is 18.2 Å². The Labute approximate surface area is 120 Å². The van der Waals surface area contributed by atoms with Gasteiger partial charge in [-0.05, 0) is 18.1 Å². The van der Waals surface area contributed by atoms with E-state index in [-0.39, 0.29) is 23.0 Å². The van der Waals surface area contributed by atoms with Crippen molar-refractivity contribution < 1.29 is 10.1 Å². The normalized spacial score (nSPS) is 11.9. The van der Waals surface area contributed by atoms with Crippen molar-refractivity contribution >= 4 is 11.5 Å². The van der Waals surface area contributed by atoms with Crippen LogP contribution in [0.4, 0.5) is 5.69 Å². The molecule has 0 saturated carbocycles. The van der Waals surface area contributed by atoms with Gasteiger partial charge in [0.05, 0.1) is 21.9 Å². The van der Waals surface area contributed by atoms with Crippen LogP contribution in [-0.4, -0.2) is 25.7 Å². The van der Waals surface area contributed by atoms with Crippen LogP contribution < -0.4 is 5.73 Å². The van der Waals surface area contributed by atoms with Crippen LogP contribution in [0.2, 0.25) is 0 Å². The number of nitrogens with zero attached hydrogens (tertiary/aromatic N) is 4. The molecule has 21 heavy (non-hydrogen) atoms. The van der Waals surface area contributed by atoms with Crippen LogP contribution in [0.25, 0.3) is 5.69 Å². The van der Waals surface area contributed by atoms with E-state index in [0.29, 0.717) is 5.69 Å². The highest BCUT2D eigenvalue weighted by molar-refractivity contribution is 6.00. The summed E-state index contributed by atoms with van der Waals surface area (Å²) in [6.45, 7) is 4.01. The van der Waals surface area contributed by atoms with Gasteiger partial charge in [-0.3, -0.25) is 10.1 Å². The Hall–Kier alpha value is -2.90. The molecule has 8 heteroatoms. The van der Waals surface area contributed by atoms with Gasteiger partial charge in [-0.25, -0.2) is 4.68 Å². The first-order chi connectivity index (χ1) is 9.93. The molecule has 0 aliphatic carbocycles. The summed E-state index contributed by atoms with van der Waals surface area (Å²) in [5.41, 5.74) is 7.08. The molecular formula is C13H15N5O3. The molecule has 0 saturated heterocycles. The molecule has 0 fully saturated rings. The number of rotatable bonds is 4. The number of benzene rings is 1. The SMILES string of the molecule is CC(C)c1ccn(-c2ccc([N+](=O)[O-])cc2C(N)=NO)n1. The molecule has 0 aliphatic rings. The number of hydrogen-bond donors (Lipinski definition) is 2. The van der Waals surface area contributed by atoms with Crippen molar-refractivity contribution in [3.8, 4) is 5.69 Å². The van der Waals surface area contributed by atoms with Gasteiger partial charge in [-0.1, -0.05) is 19.0 Å². The van der Waals surface area contributed by atoms with Gasteiger partial charge in [0.25, 0.3) is 5.69 Å². The molecule has 0 aliphatic heterocycles. The minimum atomic E-state index is -0.541. The summed E-state index contributed by atoms with van der Waals surface area (Å²) in [6.07, 6.45) is 1.73. The summed E-state index contributed by atoms with van der Waals surface area (Å²) in [4.78, 5) is 10.3. The van der Waals surface area contributed by atoms with E-state index in [9.17, 15) is 10.1 Å². The number of nitrogens with two attached hydrogens (primary N) is 1. The van der Waals surface area contributed by atoms with Crippen LogP contribution in [0.15, 0.2) is 35.6 Å². The molecule has 2 rings (SSSR count). The first-order valence-corrected chi connectivity index (χ1v) is 6.26. The van der Waals surface area contributed by atoms with Crippen molar-refractivity contribution in [1.29, 1.82) is 0 Å². The Morgan fingerprint density at radius 2 is 2.19 bits per heavy atom. The van der Waals surface area contributed by atoms with E-state index in [2.05, 4.69) is 10.3 Å². The van der Waals surface area contributed by atoms with Crippen molar-refractivity contribution in [3.05, 3.63) is 51.8 Å². The topological polar surface area (TPSA) is 120 Å². The number of aromatic nitrogens is 2. The average Bonchev–Trinajstić information content (AvgIpc) is 2.95. The lowest BCUT2D eigenvalue weighted by Crippen LogP contribution is -2.17. The monoisotopic (exact) mass is 289 g/mol. The number of oxime groups is 1. The van der Waals surface area contributed by atoms with Gasteiger partial charge in [0, 0.05) is 18.3 Å². The summed E-state index contributed by atoms with van der Waals surface area (Å²) in [5.74, 6) is 0.0342. The Balaban J connectivity index is 2.58. The van der Waals surface area contributed by atoms with Crippen molar-refractivity contribution in [2.45, 2.75) is 19.8 Å². The number of hydrogen-bond acceptors (Lipinski definition) is 5. The third-order valence-corrected chi connectivity index (χ3v) is 3.02. The summed E-state index contributed by atoms with van der Waals surface area (Å²) >= 11 is 0. The van der Waals surface area contributed by atoms with Gasteiger partial charge in [0.1, 0.15) is 0 Å². The molecule has 0 bridgehead atoms. The molecule has 2 aromatic rings. The lowest BCUT2D eigenvalue weighted by Gasteiger charge is -2.08. The smallest absolute Gasteiger partial charge is 0.270 e. The third-order valence-electron chi connectivity index (χ3n) is 3.02. The summed E-state index contributed by atoms with van der Waals surface area (Å²) in [7, 11) is 0. The maximum atomic E-state index is 10.8. The highest BCUT2D eigenvalue weighted by atomic mass is 16.6. The number of non-ortho nitro benzene ring substituents is 1. The molecular weight excluding hydrogens is 274 g/mol. The predicted molar refractivity (Wildman–Crippen MR) is 76.8 cm³/mol. The zero-order valence-corrected chi connectivity index (χ0v) is 11.6. The molecule has 0 radical (unpaired) electrons. The molecule has 8 nitrogen and oxygen atoms in total. The van der Waals surface area contributed by atoms with Gasteiger partial charge >= 0.3 is 0 Å². The molecule has 1 aromatic carbocycles. The average molecular weight is 289 g/mol. The van der Waals surface area contributed by atoms with Crippen LogP contribution in [0, 0.1) is 10.1 Å². The summed E-state index contributed by atoms with van der Waals surface area (Å²) < 4.78 is 1.55. The second-order valence-electron chi connectivity index (χ2n) is 4.78. The van der Waals surface area contributed by atoms with Crippen LogP contribution >= 0.6 is 0 Å². The van der Waals surface area contributed by atoms with E-state index in [1.54, 1.807) is 10.9 Å². The van der Waals surface area contributed by atoms with Crippen molar-refractivity contribution in [1.82, 2.24) is 9.78 Å². The van der Waals surface area contributed by atoms with Crippen LogP contribution in [0.3, 0.4) is 0 Å². The van der Waals surface area contributed by atoms with Crippen molar-refractivity contribution in [2.24, 2.45) is 10.9 Å². The molecule has 1 aromatic heterocycles. The molecule has 0 unspecified atom stereocenters. The minimum Gasteiger partial charge on any atom is -0.409 e. The Morgan fingerprint density at radius 3 is 2.71 bits per heavy atom. The highest BCUT2D eigenvalue weighted by Gasteiger charge is 2.16. The fourth-order valence-corrected chi connectivity index (χ4v) is 1.88. The van der Waals surface area contributed by atoms with Gasteiger partial charge in [0.15, 0.2) is 5.84 Å². The highest BCUT2D eigenvalue weighted by Crippen LogP contribution is 2.22. The van der Waals surface area contributed by atoms with Crippen LogP contribution in [0.1, 0.15) is 31.0 Å². The van der Waals surface area contributed by atoms with E-state index < -0.39 is 4.92 Å². The molecule has 110 valence electrons. The summed E-state index contributed by atoms with van der Waals surface area (Å²) in [6, 6.07) is 5.96. The van der Waals surface area contributed by atoms with Crippen LogP contribution in [-0.2, 0) is 0 Å². The molecule has 0 atom stereocenters. The Bertz CT molecular complexity index is 706. The van der Waals surface area contributed by atoms with E-state index >= 15 is 0 Å². The molecule has 0 amide bonds. The van der Waals surface area contributed by atoms with Crippen molar-refractivity contribution in [3.63, 3.8) is 0 Å². The lowest BCUT2D eigenvalue weighted by molar-refractivity contribution is -0.384. The number of nitro groups is 1. The number of amidine groups is 1. The number of nitro benzene ring substituents is 1. The van der Waals surface area contributed by atoms with E-state index in [4.69, 9.17) is 10.9 Å². The third kappa shape index (κ3) is 2.83. The Morgan fingerprint density at radius 1 is 1.48 bits per heavy atom. The van der Waals surface area contributed by atoms with Crippen molar-refractivity contribution in [2.75, 3.05) is 0 Å². The first kappa shape index (κ1) is 14.5. The van der Waals surface area contributed by atoms with Gasteiger partial charge < -0.3 is 10.9 Å². The zero-order chi connectivity index (χ0) is 15.6. The van der Waals surface area contributed by atoms with Gasteiger partial charge in [-0.15, -0.1) is 0 Å². The first-order valence-electron chi connectivity index (χ1n) is 6.26. The van der Waals surface area contributed by atoms with Gasteiger partial charge in [-0.2, -0.15) is 5.10 Å². The largest absolute Gasteiger partial charge is 0.409 e. The fourth-order valence-electron chi connectivity index (χ4n) is 1.88. The zero-order valence-electron chi connectivity index (χ0n) is 11.6. The maximum absolute atomic E-state index is 10.8. The maximum Gasteiger partial charge on any atom is 0.270 e. The standard InChI is InChI=1S/C13H15N5O3/c1-8(2)11-5-6-17(15-11)12-4-3-9(18(20)21)7-10(12)13(14)16-19/h3-8,19H,1-2H3,(H2,14,16). The van der Waals surface area contributed by atoms with E-state index in [1.807, 2.05) is 19.9 Å². The molecule has 0 spiro atoms. The molecule has 1 heterocycles. The second kappa shape index (κ2) is 5.61. The van der Waals surface area contributed by atoms with E-state index in [0.717, 1.165) is 5.69 Å². The predicted octanol–water partition coefficient (Wildman–Crippen LogP) is 2.00. The van der Waals surface area contributed by atoms with Crippen LogP contribution in [0.5, 0.6) is 0 Å². The fraction of sp³-hybridized carbons (Fsp3) is 0.231. The quantitative estimate of drug-likeness (QED) is 0.293. The lowest BCUT2D eigenvalue weighted by atomic mass is 10.1. The summed E-state index contributed by atoms with van der Waals surface area (Å²) in [5, 5.41) is 27.0. The molecule has 3 N–H and O–H groups in total. The minimum absolute atomic E-state index is 0.142. The van der Waals surface area contributed by atoms with Gasteiger partial charge in [0.2, 0.25) is 0 Å². The Kier molecular flexibility index (Phi) is 3.88. The second-order valence-corrected chi connectivity index (χ2v) is 4.78.